The van der Waals surface area contributed by atoms with Crippen LogP contribution >= 0.6 is 0 Å². The summed E-state index contributed by atoms with van der Waals surface area (Å²) in [6, 6.07) is 7.83. The molecular weight excluding hydrogens is 371 g/mol. The van der Waals surface area contributed by atoms with Gasteiger partial charge in [0.05, 0.1) is 35.1 Å². The molecule has 8 heteroatoms. The summed E-state index contributed by atoms with van der Waals surface area (Å²) in [6.07, 6.45) is 10.3. The lowest BCUT2D eigenvalue weighted by molar-refractivity contribution is 0.0917. The summed E-state index contributed by atoms with van der Waals surface area (Å²) in [6.45, 7) is 0. The van der Waals surface area contributed by atoms with Crippen molar-refractivity contribution in [3.8, 4) is 17.3 Å². The first-order valence-electron chi connectivity index (χ1n) is 9.45. The molecule has 1 amide bonds. The molecule has 0 radical (unpaired) electrons. The van der Waals surface area contributed by atoms with Gasteiger partial charge in [-0.3, -0.25) is 9.48 Å². The molecule has 7 nitrogen and oxygen atoms in total. The lowest BCUT2D eigenvalue weighted by Gasteiger charge is -2.29. The molecule has 1 fully saturated rings. The molecule has 1 aliphatic carbocycles. The first kappa shape index (κ1) is 18.7. The average Bonchev–Trinajstić information content (AvgIpc) is 3.25. The fourth-order valence-corrected chi connectivity index (χ4v) is 3.65. The van der Waals surface area contributed by atoms with E-state index in [-0.39, 0.29) is 23.2 Å². The predicted octanol–water partition coefficient (Wildman–Crippen LogP) is 3.26. The van der Waals surface area contributed by atoms with Crippen LogP contribution < -0.4 is 5.32 Å². The zero-order valence-electron chi connectivity index (χ0n) is 15.6. The smallest absolute Gasteiger partial charge is 0.254 e. The highest BCUT2D eigenvalue weighted by Gasteiger charge is 2.25. The second-order valence-electron chi connectivity index (χ2n) is 7.09. The van der Waals surface area contributed by atoms with E-state index in [4.69, 9.17) is 5.26 Å². The molecule has 29 heavy (non-hydrogen) atoms. The normalized spacial score (nSPS) is 18.8. The minimum Gasteiger partial charge on any atom is -0.349 e. The third-order valence-electron chi connectivity index (χ3n) is 5.23. The topological polar surface area (TPSA) is 96.5 Å². The molecule has 0 saturated heterocycles. The Labute approximate surface area is 167 Å². The quantitative estimate of drug-likeness (QED) is 0.738. The van der Waals surface area contributed by atoms with E-state index >= 15 is 0 Å². The number of nitrogens with one attached hydrogen (secondary N) is 1. The highest BCUT2D eigenvalue weighted by Crippen LogP contribution is 2.29. The number of nitriles is 1. The molecule has 1 aliphatic rings. The number of carbonyl (C=O) groups is 1. The predicted molar refractivity (Wildman–Crippen MR) is 103 cm³/mol. The molecule has 1 N–H and O–H groups in total. The maximum absolute atomic E-state index is 14.0. The van der Waals surface area contributed by atoms with Crippen LogP contribution in [0.4, 0.5) is 4.39 Å². The Bertz CT molecular complexity index is 1050. The van der Waals surface area contributed by atoms with E-state index in [0.717, 1.165) is 43.0 Å². The van der Waals surface area contributed by atoms with Crippen LogP contribution in [0.5, 0.6) is 0 Å². The molecule has 0 unspecified atom stereocenters. The summed E-state index contributed by atoms with van der Waals surface area (Å²) in [5, 5.41) is 16.2. The second-order valence-corrected chi connectivity index (χ2v) is 7.09. The number of aromatic nitrogens is 4. The Balaban J connectivity index is 1.35. The monoisotopic (exact) mass is 390 g/mol. The van der Waals surface area contributed by atoms with Crippen molar-refractivity contribution >= 4 is 5.91 Å². The average molecular weight is 390 g/mol. The summed E-state index contributed by atoms with van der Waals surface area (Å²) in [7, 11) is 0. The number of rotatable bonds is 4. The molecular formula is C21H19FN6O. The highest BCUT2D eigenvalue weighted by molar-refractivity contribution is 5.94. The van der Waals surface area contributed by atoms with Crippen molar-refractivity contribution in [1.82, 2.24) is 25.1 Å². The summed E-state index contributed by atoms with van der Waals surface area (Å²) in [4.78, 5) is 20.5. The molecule has 0 atom stereocenters. The van der Waals surface area contributed by atoms with Crippen molar-refractivity contribution in [1.29, 1.82) is 5.26 Å². The molecule has 1 saturated carbocycles. The zero-order valence-corrected chi connectivity index (χ0v) is 15.6. The number of benzene rings is 1. The van der Waals surface area contributed by atoms with Crippen LogP contribution in [0.3, 0.4) is 0 Å². The Morgan fingerprint density at radius 3 is 2.76 bits per heavy atom. The molecule has 2 aromatic heterocycles. The number of halogens is 1. The van der Waals surface area contributed by atoms with Crippen molar-refractivity contribution in [3.05, 3.63) is 66.1 Å². The first-order chi connectivity index (χ1) is 14.1. The van der Waals surface area contributed by atoms with E-state index in [1.165, 1.54) is 18.5 Å². The summed E-state index contributed by atoms with van der Waals surface area (Å²) in [5.41, 5.74) is 1.93. The minimum atomic E-state index is -0.677. The van der Waals surface area contributed by atoms with Crippen molar-refractivity contribution in [3.63, 3.8) is 0 Å². The number of hydrogen-bond acceptors (Lipinski definition) is 5. The van der Waals surface area contributed by atoms with E-state index in [1.54, 1.807) is 12.4 Å². The molecule has 0 spiro atoms. The van der Waals surface area contributed by atoms with Crippen molar-refractivity contribution < 1.29 is 9.18 Å². The van der Waals surface area contributed by atoms with Crippen molar-refractivity contribution in [2.45, 2.75) is 37.8 Å². The maximum Gasteiger partial charge on any atom is 0.254 e. The van der Waals surface area contributed by atoms with E-state index in [9.17, 15) is 9.18 Å². The Hall–Kier alpha value is -3.60. The Morgan fingerprint density at radius 2 is 2.07 bits per heavy atom. The van der Waals surface area contributed by atoms with Crippen LogP contribution in [0.15, 0.2) is 49.2 Å². The number of hydrogen-bond donors (Lipinski definition) is 1. The van der Waals surface area contributed by atoms with Crippen LogP contribution in [-0.2, 0) is 0 Å². The molecule has 2 heterocycles. The van der Waals surface area contributed by atoms with Gasteiger partial charge in [-0.2, -0.15) is 10.4 Å². The summed E-state index contributed by atoms with van der Waals surface area (Å²) < 4.78 is 16.0. The molecule has 3 aromatic rings. The van der Waals surface area contributed by atoms with Gasteiger partial charge in [-0.25, -0.2) is 14.4 Å². The van der Waals surface area contributed by atoms with E-state index < -0.39 is 11.7 Å². The number of carbonyl (C=O) groups excluding carboxylic acids is 1. The largest absolute Gasteiger partial charge is 0.349 e. The number of nitrogens with zero attached hydrogens (tertiary/aromatic N) is 5. The van der Waals surface area contributed by atoms with Gasteiger partial charge in [0.15, 0.2) is 0 Å². The van der Waals surface area contributed by atoms with Gasteiger partial charge in [0.1, 0.15) is 12.1 Å². The van der Waals surface area contributed by atoms with Gasteiger partial charge in [0.2, 0.25) is 0 Å². The second kappa shape index (κ2) is 8.19. The summed E-state index contributed by atoms with van der Waals surface area (Å²) >= 11 is 0. The van der Waals surface area contributed by atoms with Gasteiger partial charge in [-0.05, 0) is 49.9 Å². The standard InChI is InChI=1S/C21H19FN6O/c22-19-9-14(10-23)1-6-18(19)21(29)27-16-2-4-17(5-3-16)28-12-15(11-26-28)20-7-8-24-13-25-20/h1,6-9,11-13,16-17H,2-5H2,(H,27,29). The van der Waals surface area contributed by atoms with Gasteiger partial charge in [-0.15, -0.1) is 0 Å². The Morgan fingerprint density at radius 1 is 1.24 bits per heavy atom. The van der Waals surface area contributed by atoms with E-state index in [0.29, 0.717) is 0 Å². The van der Waals surface area contributed by atoms with Crippen LogP contribution in [0, 0.1) is 17.1 Å². The molecule has 4 rings (SSSR count). The fraction of sp³-hybridized carbons (Fsp3) is 0.286. The maximum atomic E-state index is 14.0. The van der Waals surface area contributed by atoms with Gasteiger partial charge in [0.25, 0.3) is 5.91 Å². The molecule has 0 aliphatic heterocycles. The van der Waals surface area contributed by atoms with Crippen LogP contribution in [0.25, 0.3) is 11.3 Å². The van der Waals surface area contributed by atoms with Crippen LogP contribution in [0.2, 0.25) is 0 Å². The van der Waals surface area contributed by atoms with Crippen molar-refractivity contribution in [2.24, 2.45) is 0 Å². The van der Waals surface area contributed by atoms with Gasteiger partial charge in [-0.1, -0.05) is 0 Å². The van der Waals surface area contributed by atoms with Crippen LogP contribution in [-0.4, -0.2) is 31.7 Å². The van der Waals surface area contributed by atoms with Gasteiger partial charge >= 0.3 is 0 Å². The number of amides is 1. The van der Waals surface area contributed by atoms with Gasteiger partial charge in [0, 0.05) is 24.0 Å². The molecule has 0 bridgehead atoms. The lowest BCUT2D eigenvalue weighted by atomic mass is 9.91. The first-order valence-corrected chi connectivity index (χ1v) is 9.45. The summed E-state index contributed by atoms with van der Waals surface area (Å²) in [5.74, 6) is -1.12. The fourth-order valence-electron chi connectivity index (χ4n) is 3.65. The van der Waals surface area contributed by atoms with Gasteiger partial charge < -0.3 is 5.32 Å². The molecule has 146 valence electrons. The Kier molecular flexibility index (Phi) is 5.29. The SMILES string of the molecule is N#Cc1ccc(C(=O)NC2CCC(n3cc(-c4ccncn4)cn3)CC2)c(F)c1. The lowest BCUT2D eigenvalue weighted by Crippen LogP contribution is -2.38. The minimum absolute atomic E-state index is 0.00862. The zero-order chi connectivity index (χ0) is 20.2. The van der Waals surface area contributed by atoms with Crippen molar-refractivity contribution in [2.75, 3.05) is 0 Å². The third kappa shape index (κ3) is 4.14. The molecule has 1 aromatic carbocycles. The highest BCUT2D eigenvalue weighted by atomic mass is 19.1. The van der Waals surface area contributed by atoms with E-state index in [2.05, 4.69) is 20.4 Å². The van der Waals surface area contributed by atoms with E-state index in [1.807, 2.05) is 23.0 Å². The van der Waals surface area contributed by atoms with Crippen LogP contribution in [0.1, 0.15) is 47.6 Å². The third-order valence-corrected chi connectivity index (χ3v) is 5.23.